The first-order chi connectivity index (χ1) is 12.0. The van der Waals surface area contributed by atoms with E-state index in [0.717, 1.165) is 4.88 Å². The minimum absolute atomic E-state index is 0.0527. The zero-order chi connectivity index (χ0) is 18.2. The molecular weight excluding hydrogens is 346 g/mol. The van der Waals surface area contributed by atoms with Crippen molar-refractivity contribution in [1.29, 1.82) is 0 Å². The van der Waals surface area contributed by atoms with Crippen LogP contribution >= 0.6 is 11.3 Å². The molecule has 0 saturated carbocycles. The number of esters is 1. The number of aromatic nitrogens is 3. The molecule has 0 aliphatic rings. The molecule has 0 bridgehead atoms. The highest BCUT2D eigenvalue weighted by atomic mass is 32.1. The maximum absolute atomic E-state index is 12.5. The van der Waals surface area contributed by atoms with E-state index in [0.29, 0.717) is 16.7 Å². The SMILES string of the molecule is CCOC(=O)CO/N=C(/C(=O)Nc1ncc(C(C)C)s1)c1ccn[nH]1. The van der Waals surface area contributed by atoms with Crippen molar-refractivity contribution in [2.24, 2.45) is 5.16 Å². The fraction of sp³-hybridized carbons (Fsp3) is 0.400. The molecule has 10 heteroatoms. The lowest BCUT2D eigenvalue weighted by atomic mass is 10.2. The van der Waals surface area contributed by atoms with Gasteiger partial charge in [0.2, 0.25) is 6.61 Å². The number of hydrogen-bond acceptors (Lipinski definition) is 8. The van der Waals surface area contributed by atoms with Crippen LogP contribution < -0.4 is 5.32 Å². The summed E-state index contributed by atoms with van der Waals surface area (Å²) in [7, 11) is 0. The van der Waals surface area contributed by atoms with E-state index in [2.05, 4.69) is 25.7 Å². The Labute approximate surface area is 148 Å². The van der Waals surface area contributed by atoms with Gasteiger partial charge in [-0.3, -0.25) is 15.2 Å². The molecule has 1 amide bonds. The van der Waals surface area contributed by atoms with Gasteiger partial charge in [0.25, 0.3) is 5.91 Å². The summed E-state index contributed by atoms with van der Waals surface area (Å²) in [6.45, 7) is 5.61. The molecular formula is C15H19N5O4S. The van der Waals surface area contributed by atoms with Gasteiger partial charge in [-0.15, -0.1) is 11.3 Å². The van der Waals surface area contributed by atoms with Gasteiger partial charge in [0.1, 0.15) is 0 Å². The van der Waals surface area contributed by atoms with Crippen molar-refractivity contribution in [3.63, 3.8) is 0 Å². The fourth-order valence-electron chi connectivity index (χ4n) is 1.72. The molecule has 2 rings (SSSR count). The molecule has 2 aromatic rings. The minimum atomic E-state index is -0.572. The van der Waals surface area contributed by atoms with Gasteiger partial charge in [-0.2, -0.15) is 5.10 Å². The first-order valence-electron chi connectivity index (χ1n) is 7.63. The third kappa shape index (κ3) is 5.38. The van der Waals surface area contributed by atoms with Crippen molar-refractivity contribution < 1.29 is 19.2 Å². The molecule has 25 heavy (non-hydrogen) atoms. The van der Waals surface area contributed by atoms with Crippen molar-refractivity contribution in [3.8, 4) is 0 Å². The second-order valence-corrected chi connectivity index (χ2v) is 6.23. The van der Waals surface area contributed by atoms with Gasteiger partial charge >= 0.3 is 5.97 Å². The molecule has 0 aliphatic heterocycles. The number of rotatable bonds is 8. The van der Waals surface area contributed by atoms with Crippen LogP contribution in [0.3, 0.4) is 0 Å². The molecule has 0 atom stereocenters. The number of ether oxygens (including phenoxy) is 1. The summed E-state index contributed by atoms with van der Waals surface area (Å²) in [4.78, 5) is 33.9. The Morgan fingerprint density at radius 2 is 2.24 bits per heavy atom. The van der Waals surface area contributed by atoms with E-state index in [1.165, 1.54) is 17.5 Å². The first-order valence-corrected chi connectivity index (χ1v) is 8.45. The summed E-state index contributed by atoms with van der Waals surface area (Å²) in [6.07, 6.45) is 3.19. The second-order valence-electron chi connectivity index (χ2n) is 5.17. The van der Waals surface area contributed by atoms with E-state index in [1.54, 1.807) is 19.2 Å². The summed E-state index contributed by atoms with van der Waals surface area (Å²) in [5.41, 5.74) is 0.296. The number of carbonyl (C=O) groups is 2. The number of nitrogens with one attached hydrogen (secondary N) is 2. The molecule has 0 aromatic carbocycles. The largest absolute Gasteiger partial charge is 0.463 e. The van der Waals surface area contributed by atoms with Gasteiger partial charge in [0, 0.05) is 17.3 Å². The maximum Gasteiger partial charge on any atom is 0.347 e. The number of H-pyrrole nitrogens is 1. The summed E-state index contributed by atoms with van der Waals surface area (Å²) in [5.74, 6) is -0.785. The number of aromatic amines is 1. The number of oxime groups is 1. The third-order valence-corrected chi connectivity index (χ3v) is 4.14. The highest BCUT2D eigenvalue weighted by Gasteiger charge is 2.19. The molecule has 134 valence electrons. The third-order valence-electron chi connectivity index (χ3n) is 2.93. The predicted molar refractivity (Wildman–Crippen MR) is 92.5 cm³/mol. The zero-order valence-corrected chi connectivity index (χ0v) is 14.9. The highest BCUT2D eigenvalue weighted by molar-refractivity contribution is 7.15. The van der Waals surface area contributed by atoms with E-state index in [9.17, 15) is 9.59 Å². The quantitative estimate of drug-likeness (QED) is 0.419. The van der Waals surface area contributed by atoms with E-state index in [-0.39, 0.29) is 12.3 Å². The van der Waals surface area contributed by atoms with Crippen LogP contribution in [0.15, 0.2) is 23.6 Å². The van der Waals surface area contributed by atoms with Gasteiger partial charge in [0.15, 0.2) is 10.8 Å². The van der Waals surface area contributed by atoms with Crippen LogP contribution in [0.4, 0.5) is 5.13 Å². The summed E-state index contributed by atoms with van der Waals surface area (Å²) < 4.78 is 4.73. The zero-order valence-electron chi connectivity index (χ0n) is 14.1. The van der Waals surface area contributed by atoms with E-state index in [1.807, 2.05) is 13.8 Å². The smallest absolute Gasteiger partial charge is 0.347 e. The van der Waals surface area contributed by atoms with Crippen molar-refractivity contribution >= 4 is 34.1 Å². The molecule has 0 fully saturated rings. The molecule has 2 heterocycles. The van der Waals surface area contributed by atoms with Crippen molar-refractivity contribution in [1.82, 2.24) is 15.2 Å². The van der Waals surface area contributed by atoms with Crippen molar-refractivity contribution in [2.45, 2.75) is 26.7 Å². The van der Waals surface area contributed by atoms with Crippen LogP contribution in [0.2, 0.25) is 0 Å². The summed E-state index contributed by atoms with van der Waals surface area (Å²) in [5, 5.41) is 13.3. The van der Waals surface area contributed by atoms with Crippen LogP contribution in [0, 0.1) is 0 Å². The number of nitrogens with zero attached hydrogens (tertiary/aromatic N) is 3. The Morgan fingerprint density at radius 3 is 2.84 bits per heavy atom. The number of amides is 1. The van der Waals surface area contributed by atoms with Crippen LogP contribution in [-0.4, -0.2) is 46.0 Å². The maximum atomic E-state index is 12.5. The second kappa shape index (κ2) is 8.92. The summed E-state index contributed by atoms with van der Waals surface area (Å²) >= 11 is 1.38. The number of hydrogen-bond donors (Lipinski definition) is 2. The minimum Gasteiger partial charge on any atom is -0.463 e. The topological polar surface area (TPSA) is 119 Å². The average Bonchev–Trinajstić information content (AvgIpc) is 3.23. The van der Waals surface area contributed by atoms with Gasteiger partial charge < -0.3 is 9.57 Å². The lowest BCUT2D eigenvalue weighted by molar-refractivity contribution is -0.148. The van der Waals surface area contributed by atoms with Gasteiger partial charge in [-0.25, -0.2) is 9.78 Å². The Morgan fingerprint density at radius 1 is 1.44 bits per heavy atom. The van der Waals surface area contributed by atoms with E-state index >= 15 is 0 Å². The Bertz CT molecular complexity index is 739. The molecule has 0 aliphatic carbocycles. The molecule has 9 nitrogen and oxygen atoms in total. The monoisotopic (exact) mass is 365 g/mol. The summed E-state index contributed by atoms with van der Waals surface area (Å²) in [6, 6.07) is 1.56. The Balaban J connectivity index is 2.09. The van der Waals surface area contributed by atoms with E-state index < -0.39 is 18.5 Å². The van der Waals surface area contributed by atoms with Crippen LogP contribution in [-0.2, 0) is 19.2 Å². The fourth-order valence-corrected chi connectivity index (χ4v) is 2.53. The predicted octanol–water partition coefficient (Wildman–Crippen LogP) is 1.91. The van der Waals surface area contributed by atoms with Gasteiger partial charge in [-0.1, -0.05) is 19.0 Å². The lowest BCUT2D eigenvalue weighted by Crippen LogP contribution is -2.25. The van der Waals surface area contributed by atoms with Crippen LogP contribution in [0.1, 0.15) is 37.3 Å². The highest BCUT2D eigenvalue weighted by Crippen LogP contribution is 2.25. The van der Waals surface area contributed by atoms with Gasteiger partial charge in [-0.05, 0) is 18.9 Å². The Kier molecular flexibility index (Phi) is 6.63. The Hall–Kier alpha value is -2.75. The molecule has 0 spiro atoms. The first kappa shape index (κ1) is 18.6. The van der Waals surface area contributed by atoms with Crippen LogP contribution in [0.5, 0.6) is 0 Å². The number of carbonyl (C=O) groups excluding carboxylic acids is 2. The number of thiazole rings is 1. The molecule has 0 saturated heterocycles. The molecule has 2 aromatic heterocycles. The normalized spacial score (nSPS) is 11.4. The van der Waals surface area contributed by atoms with Crippen LogP contribution in [0.25, 0.3) is 0 Å². The standard InChI is InChI=1S/C15H19N5O4S/c1-4-23-12(21)8-24-20-13(10-5-6-17-19-10)14(22)18-15-16-7-11(25-15)9(2)3/h5-7,9H,4,8H2,1-3H3,(H,17,19)(H,16,18,22)/b20-13+. The van der Waals surface area contributed by atoms with E-state index in [4.69, 9.17) is 9.57 Å². The molecule has 0 unspecified atom stereocenters. The van der Waals surface area contributed by atoms with Gasteiger partial charge in [0.05, 0.1) is 12.3 Å². The average molecular weight is 365 g/mol. The number of anilines is 1. The van der Waals surface area contributed by atoms with Crippen molar-refractivity contribution in [3.05, 3.63) is 29.0 Å². The van der Waals surface area contributed by atoms with Crippen molar-refractivity contribution in [2.75, 3.05) is 18.5 Å². The molecule has 0 radical (unpaired) electrons. The lowest BCUT2D eigenvalue weighted by Gasteiger charge is -2.05. The molecule has 2 N–H and O–H groups in total.